The number of aryl methyl sites for hydroxylation is 1. The number of hydrogen-bond donors (Lipinski definition) is 1. The summed E-state index contributed by atoms with van der Waals surface area (Å²) in [5.74, 6) is 2.41. The van der Waals surface area contributed by atoms with E-state index < -0.39 is 0 Å². The maximum absolute atomic E-state index is 5.90. The Hall–Kier alpha value is -2.10. The number of methoxy groups -OCH3 is 1. The quantitative estimate of drug-likeness (QED) is 0.927. The molecule has 0 aliphatic rings. The summed E-state index contributed by atoms with van der Waals surface area (Å²) in [6.45, 7) is 6.34. The van der Waals surface area contributed by atoms with Gasteiger partial charge in [0.2, 0.25) is 0 Å². The molecule has 2 aromatic rings. The predicted octanol–water partition coefficient (Wildman–Crippen LogP) is 3.24. The number of ether oxygens (including phenoxy) is 1. The summed E-state index contributed by atoms with van der Waals surface area (Å²) in [4.78, 5) is 8.95. The molecule has 20 heavy (non-hydrogen) atoms. The van der Waals surface area contributed by atoms with Crippen LogP contribution >= 0.6 is 0 Å². The molecule has 0 aliphatic carbocycles. The van der Waals surface area contributed by atoms with Crippen molar-refractivity contribution >= 4 is 5.82 Å². The fourth-order valence-corrected chi connectivity index (χ4v) is 2.15. The highest BCUT2D eigenvalue weighted by Crippen LogP contribution is 2.29. The Labute approximate surface area is 120 Å². The zero-order valence-electron chi connectivity index (χ0n) is 12.5. The Balaban J connectivity index is 2.49. The van der Waals surface area contributed by atoms with E-state index in [0.717, 1.165) is 29.0 Å². The van der Waals surface area contributed by atoms with Gasteiger partial charge in [0.25, 0.3) is 0 Å². The lowest BCUT2D eigenvalue weighted by Gasteiger charge is -2.11. The van der Waals surface area contributed by atoms with Gasteiger partial charge in [-0.3, -0.25) is 0 Å². The molecule has 2 rings (SSSR count). The van der Waals surface area contributed by atoms with Crippen molar-refractivity contribution in [3.8, 4) is 17.1 Å². The number of rotatable bonds is 4. The van der Waals surface area contributed by atoms with Gasteiger partial charge >= 0.3 is 0 Å². The number of aromatic nitrogens is 2. The van der Waals surface area contributed by atoms with Crippen molar-refractivity contribution in [2.75, 3.05) is 12.8 Å². The average molecular weight is 271 g/mol. The van der Waals surface area contributed by atoms with Gasteiger partial charge < -0.3 is 10.5 Å². The third-order valence-electron chi connectivity index (χ3n) is 3.01. The van der Waals surface area contributed by atoms with Crippen molar-refractivity contribution in [3.05, 3.63) is 35.5 Å². The van der Waals surface area contributed by atoms with Crippen LogP contribution in [-0.2, 0) is 6.42 Å². The van der Waals surface area contributed by atoms with E-state index >= 15 is 0 Å². The first kappa shape index (κ1) is 14.3. The smallest absolute Gasteiger partial charge is 0.165 e. The van der Waals surface area contributed by atoms with Crippen LogP contribution in [0.25, 0.3) is 11.4 Å². The van der Waals surface area contributed by atoms with Gasteiger partial charge in [-0.2, -0.15) is 0 Å². The monoisotopic (exact) mass is 271 g/mol. The Bertz CT molecular complexity index is 609. The highest BCUT2D eigenvalue weighted by Gasteiger charge is 2.11. The summed E-state index contributed by atoms with van der Waals surface area (Å²) in [7, 11) is 1.65. The number of nitrogens with two attached hydrogens (primary N) is 1. The highest BCUT2D eigenvalue weighted by atomic mass is 16.5. The molecule has 1 aromatic carbocycles. The molecule has 106 valence electrons. The summed E-state index contributed by atoms with van der Waals surface area (Å²) < 4.78 is 5.42. The number of nitrogen functional groups attached to an aromatic ring is 1. The normalized spacial score (nSPS) is 10.8. The molecule has 0 fully saturated rings. The van der Waals surface area contributed by atoms with Gasteiger partial charge in [-0.1, -0.05) is 19.9 Å². The second-order valence-electron chi connectivity index (χ2n) is 5.41. The van der Waals surface area contributed by atoms with E-state index in [9.17, 15) is 0 Å². The Kier molecular flexibility index (Phi) is 4.23. The van der Waals surface area contributed by atoms with Gasteiger partial charge in [-0.15, -0.1) is 0 Å². The first-order valence-corrected chi connectivity index (χ1v) is 6.78. The van der Waals surface area contributed by atoms with Gasteiger partial charge in [-0.25, -0.2) is 9.97 Å². The average Bonchev–Trinajstić information content (AvgIpc) is 2.36. The van der Waals surface area contributed by atoms with Crippen molar-refractivity contribution in [1.82, 2.24) is 9.97 Å². The van der Waals surface area contributed by atoms with Crippen molar-refractivity contribution < 1.29 is 4.74 Å². The zero-order chi connectivity index (χ0) is 14.7. The molecule has 0 saturated heterocycles. The molecule has 0 bridgehead atoms. The molecule has 4 nitrogen and oxygen atoms in total. The molecule has 1 aromatic heterocycles. The number of benzene rings is 1. The molecule has 0 amide bonds. The van der Waals surface area contributed by atoms with Crippen LogP contribution < -0.4 is 10.5 Å². The Morgan fingerprint density at radius 3 is 2.60 bits per heavy atom. The fraction of sp³-hybridized carbons (Fsp3) is 0.375. The lowest BCUT2D eigenvalue weighted by atomic mass is 10.1. The first-order chi connectivity index (χ1) is 9.49. The van der Waals surface area contributed by atoms with E-state index in [-0.39, 0.29) is 0 Å². The first-order valence-electron chi connectivity index (χ1n) is 6.78. The van der Waals surface area contributed by atoms with E-state index in [2.05, 4.69) is 23.8 Å². The topological polar surface area (TPSA) is 61.0 Å². The van der Waals surface area contributed by atoms with E-state index in [4.69, 9.17) is 10.5 Å². The minimum Gasteiger partial charge on any atom is -0.496 e. The Morgan fingerprint density at radius 1 is 1.20 bits per heavy atom. The van der Waals surface area contributed by atoms with Crippen LogP contribution in [0.1, 0.15) is 25.1 Å². The SMILES string of the molecule is COc1cc(C)ccc1-c1nc(N)cc(CC(C)C)n1. The summed E-state index contributed by atoms with van der Waals surface area (Å²) in [5.41, 5.74) is 8.87. The summed E-state index contributed by atoms with van der Waals surface area (Å²) in [5, 5.41) is 0. The summed E-state index contributed by atoms with van der Waals surface area (Å²) >= 11 is 0. The molecule has 0 saturated carbocycles. The molecule has 0 aliphatic heterocycles. The second-order valence-corrected chi connectivity index (χ2v) is 5.41. The van der Waals surface area contributed by atoms with Gasteiger partial charge in [0.1, 0.15) is 11.6 Å². The summed E-state index contributed by atoms with van der Waals surface area (Å²) in [6, 6.07) is 7.81. The lowest BCUT2D eigenvalue weighted by Crippen LogP contribution is -2.04. The molecule has 4 heteroatoms. The minimum atomic E-state index is 0.494. The second kappa shape index (κ2) is 5.90. The van der Waals surface area contributed by atoms with Crippen molar-refractivity contribution in [1.29, 1.82) is 0 Å². The molecule has 0 radical (unpaired) electrons. The minimum absolute atomic E-state index is 0.494. The van der Waals surface area contributed by atoms with E-state index in [1.54, 1.807) is 7.11 Å². The van der Waals surface area contributed by atoms with Crippen LogP contribution in [-0.4, -0.2) is 17.1 Å². The Morgan fingerprint density at radius 2 is 1.95 bits per heavy atom. The largest absolute Gasteiger partial charge is 0.496 e. The van der Waals surface area contributed by atoms with Crippen molar-refractivity contribution in [2.24, 2.45) is 5.92 Å². The maximum atomic E-state index is 5.90. The van der Waals surface area contributed by atoms with Gasteiger partial charge in [0.15, 0.2) is 5.82 Å². The molecule has 2 N–H and O–H groups in total. The lowest BCUT2D eigenvalue weighted by molar-refractivity contribution is 0.416. The van der Waals surface area contributed by atoms with Gasteiger partial charge in [-0.05, 0) is 37.0 Å². The van der Waals surface area contributed by atoms with E-state index in [0.29, 0.717) is 17.6 Å². The number of hydrogen-bond acceptors (Lipinski definition) is 4. The predicted molar refractivity (Wildman–Crippen MR) is 81.7 cm³/mol. The van der Waals surface area contributed by atoms with E-state index in [1.165, 1.54) is 0 Å². The zero-order valence-corrected chi connectivity index (χ0v) is 12.5. The standard InChI is InChI=1S/C16H21N3O/c1-10(2)7-12-9-15(17)19-16(18-12)13-6-5-11(3)8-14(13)20-4/h5-6,8-10H,7H2,1-4H3,(H2,17,18,19). The summed E-state index contributed by atoms with van der Waals surface area (Å²) in [6.07, 6.45) is 0.883. The van der Waals surface area contributed by atoms with Crippen molar-refractivity contribution in [3.63, 3.8) is 0 Å². The molecule has 1 heterocycles. The number of anilines is 1. The van der Waals surface area contributed by atoms with Crippen LogP contribution in [0.5, 0.6) is 5.75 Å². The molecular weight excluding hydrogens is 250 g/mol. The number of nitrogens with zero attached hydrogens (tertiary/aromatic N) is 2. The molecule has 0 atom stereocenters. The van der Waals surface area contributed by atoms with Crippen LogP contribution in [0.15, 0.2) is 24.3 Å². The van der Waals surface area contributed by atoms with Crippen LogP contribution in [0, 0.1) is 12.8 Å². The molecule has 0 spiro atoms. The van der Waals surface area contributed by atoms with Gasteiger partial charge in [0.05, 0.1) is 12.7 Å². The van der Waals surface area contributed by atoms with Crippen LogP contribution in [0.3, 0.4) is 0 Å². The van der Waals surface area contributed by atoms with Crippen LogP contribution in [0.2, 0.25) is 0 Å². The van der Waals surface area contributed by atoms with Crippen LogP contribution in [0.4, 0.5) is 5.82 Å². The molecular formula is C16H21N3O. The molecule has 0 unspecified atom stereocenters. The maximum Gasteiger partial charge on any atom is 0.165 e. The van der Waals surface area contributed by atoms with Crippen molar-refractivity contribution in [2.45, 2.75) is 27.2 Å². The highest BCUT2D eigenvalue weighted by molar-refractivity contribution is 5.66. The van der Waals surface area contributed by atoms with E-state index in [1.807, 2.05) is 31.2 Å². The fourth-order valence-electron chi connectivity index (χ4n) is 2.15. The third kappa shape index (κ3) is 3.26. The third-order valence-corrected chi connectivity index (χ3v) is 3.01. The van der Waals surface area contributed by atoms with Gasteiger partial charge in [0, 0.05) is 11.8 Å².